The van der Waals surface area contributed by atoms with E-state index in [4.69, 9.17) is 0 Å². The summed E-state index contributed by atoms with van der Waals surface area (Å²) in [6.07, 6.45) is 4.22. The van der Waals surface area contributed by atoms with Crippen LogP contribution in [-0.4, -0.2) is 39.5 Å². The summed E-state index contributed by atoms with van der Waals surface area (Å²) in [4.78, 5) is 25.1. The van der Waals surface area contributed by atoms with Gasteiger partial charge in [0.1, 0.15) is 5.82 Å². The zero-order valence-corrected chi connectivity index (χ0v) is 17.2. The number of hydrogen-bond donors (Lipinski definition) is 2. The second kappa shape index (κ2) is 8.72. The molecule has 4 rings (SSSR count). The topological polar surface area (TPSA) is 95.7 Å². The first-order valence-electron chi connectivity index (χ1n) is 10.6. The zero-order chi connectivity index (χ0) is 22.0. The second-order valence-corrected chi connectivity index (χ2v) is 8.52. The molecule has 1 saturated heterocycles. The van der Waals surface area contributed by atoms with Crippen LogP contribution in [0.4, 0.5) is 15.8 Å². The summed E-state index contributed by atoms with van der Waals surface area (Å²) >= 11 is 0. The second-order valence-electron chi connectivity index (χ2n) is 8.52. The summed E-state index contributed by atoms with van der Waals surface area (Å²) in [5.74, 6) is -0.573. The number of carbonyl (C=O) groups is 1. The van der Waals surface area contributed by atoms with Crippen molar-refractivity contribution < 1.29 is 19.2 Å². The molecular weight excluding hydrogens is 401 g/mol. The van der Waals surface area contributed by atoms with Gasteiger partial charge in [-0.15, -0.1) is 0 Å². The number of nitrogens with zero attached hydrogens (tertiary/aromatic N) is 2. The summed E-state index contributed by atoms with van der Waals surface area (Å²) < 4.78 is 13.5. The molecule has 2 aromatic carbocycles. The van der Waals surface area contributed by atoms with E-state index >= 15 is 0 Å². The third kappa shape index (κ3) is 4.60. The Kier molecular flexibility index (Phi) is 6.02. The molecule has 1 aliphatic carbocycles. The maximum atomic E-state index is 13.5. The van der Waals surface area contributed by atoms with E-state index < -0.39 is 10.5 Å². The van der Waals surface area contributed by atoms with Gasteiger partial charge in [-0.25, -0.2) is 4.39 Å². The highest BCUT2D eigenvalue weighted by Gasteiger charge is 2.49. The Balaban J connectivity index is 1.53. The van der Waals surface area contributed by atoms with Gasteiger partial charge in [0.2, 0.25) is 5.91 Å². The van der Waals surface area contributed by atoms with Crippen LogP contribution >= 0.6 is 0 Å². The monoisotopic (exact) mass is 427 g/mol. The number of carbonyl (C=O) groups excluding carboxylic acids is 1. The van der Waals surface area contributed by atoms with E-state index in [1.807, 2.05) is 0 Å². The highest BCUT2D eigenvalue weighted by Crippen LogP contribution is 2.49. The molecule has 8 heteroatoms. The van der Waals surface area contributed by atoms with Gasteiger partial charge in [0, 0.05) is 36.3 Å². The summed E-state index contributed by atoms with van der Waals surface area (Å²) in [6, 6.07) is 11.8. The van der Waals surface area contributed by atoms with E-state index in [9.17, 15) is 24.4 Å². The Morgan fingerprint density at radius 2 is 1.87 bits per heavy atom. The first kappa shape index (κ1) is 21.4. The van der Waals surface area contributed by atoms with Crippen LogP contribution in [0.25, 0.3) is 0 Å². The van der Waals surface area contributed by atoms with E-state index in [1.54, 1.807) is 12.1 Å². The third-order valence-corrected chi connectivity index (χ3v) is 6.59. The number of aliphatic hydroxyl groups is 1. The number of rotatable bonds is 5. The Bertz CT molecular complexity index is 950. The number of amides is 1. The van der Waals surface area contributed by atoms with Crippen molar-refractivity contribution in [1.82, 2.24) is 4.90 Å². The first-order valence-corrected chi connectivity index (χ1v) is 10.6. The Labute approximate surface area is 180 Å². The van der Waals surface area contributed by atoms with Gasteiger partial charge in [0.15, 0.2) is 0 Å². The number of piperidine rings is 1. The van der Waals surface area contributed by atoms with Gasteiger partial charge in [0.05, 0.1) is 17.1 Å². The predicted molar refractivity (Wildman–Crippen MR) is 114 cm³/mol. The molecule has 2 fully saturated rings. The normalized spacial score (nSPS) is 26.1. The number of nitro benzene ring substituents is 1. The quantitative estimate of drug-likeness (QED) is 0.555. The molecule has 2 aliphatic rings. The van der Waals surface area contributed by atoms with Crippen LogP contribution in [0.1, 0.15) is 43.7 Å². The Morgan fingerprint density at radius 3 is 2.55 bits per heavy atom. The van der Waals surface area contributed by atoms with E-state index in [0.717, 1.165) is 31.2 Å². The molecule has 0 radical (unpaired) electrons. The van der Waals surface area contributed by atoms with Crippen LogP contribution in [0.3, 0.4) is 0 Å². The molecule has 31 heavy (non-hydrogen) atoms. The number of benzene rings is 2. The van der Waals surface area contributed by atoms with Crippen LogP contribution < -0.4 is 5.32 Å². The predicted octanol–water partition coefficient (Wildman–Crippen LogP) is 4.04. The fourth-order valence-electron chi connectivity index (χ4n) is 5.07. The van der Waals surface area contributed by atoms with Crippen molar-refractivity contribution in [1.29, 1.82) is 0 Å². The molecule has 0 spiro atoms. The van der Waals surface area contributed by atoms with Crippen LogP contribution in [0.5, 0.6) is 0 Å². The first-order chi connectivity index (χ1) is 14.9. The lowest BCUT2D eigenvalue weighted by Gasteiger charge is -2.52. The summed E-state index contributed by atoms with van der Waals surface area (Å²) in [6.45, 7) is 0.675. The van der Waals surface area contributed by atoms with Gasteiger partial charge >= 0.3 is 0 Å². The minimum atomic E-state index is -0.761. The van der Waals surface area contributed by atoms with Crippen LogP contribution in [-0.2, 0) is 4.79 Å². The lowest BCUT2D eigenvalue weighted by Crippen LogP contribution is -2.56. The molecule has 1 saturated carbocycles. The number of halogens is 1. The van der Waals surface area contributed by atoms with Crippen LogP contribution in [0.15, 0.2) is 48.5 Å². The van der Waals surface area contributed by atoms with Crippen molar-refractivity contribution >= 4 is 17.3 Å². The molecule has 1 aliphatic heterocycles. The molecule has 7 nitrogen and oxygen atoms in total. The number of fused-ring (bicyclic) bond motifs is 1. The van der Waals surface area contributed by atoms with E-state index in [1.165, 1.54) is 36.4 Å². The van der Waals surface area contributed by atoms with Crippen molar-refractivity contribution in [3.05, 3.63) is 70.0 Å². The molecule has 0 aromatic heterocycles. The lowest BCUT2D eigenvalue weighted by molar-refractivity contribution is -0.384. The van der Waals surface area contributed by atoms with Gasteiger partial charge in [-0.2, -0.15) is 0 Å². The summed E-state index contributed by atoms with van der Waals surface area (Å²) in [7, 11) is 0. The van der Waals surface area contributed by atoms with Crippen molar-refractivity contribution in [2.45, 2.75) is 43.7 Å². The van der Waals surface area contributed by atoms with Gasteiger partial charge in [0.25, 0.3) is 5.69 Å². The summed E-state index contributed by atoms with van der Waals surface area (Å²) in [5.41, 5.74) is 0.583. The zero-order valence-electron chi connectivity index (χ0n) is 17.2. The summed E-state index contributed by atoms with van der Waals surface area (Å²) in [5, 5.41) is 24.9. The van der Waals surface area contributed by atoms with E-state index in [0.29, 0.717) is 18.7 Å². The SMILES string of the molecule is O=C(CN1CC[C@]2(O)CCCC[C@H]2[C@H]1c1ccc(F)cc1)Nc1ccc([N+](=O)[O-])cc1. The fraction of sp³-hybridized carbons (Fsp3) is 0.435. The number of likely N-dealkylation sites (tertiary alicyclic amines) is 1. The lowest BCUT2D eigenvalue weighted by atomic mass is 9.66. The molecular formula is C23H26FN3O4. The standard InChI is InChI=1S/C23H26FN3O4/c24-17-6-4-16(5-7-17)22-20-3-1-2-12-23(20,29)13-14-26(22)15-21(28)25-18-8-10-19(11-9-18)27(30)31/h4-11,20,22,29H,1-3,12-15H2,(H,25,28)/t20-,22+,23+/m0/s1. The number of anilines is 1. The molecule has 2 N–H and O–H groups in total. The van der Waals surface area contributed by atoms with Gasteiger partial charge in [-0.05, 0) is 49.1 Å². The number of hydrogen-bond acceptors (Lipinski definition) is 5. The van der Waals surface area contributed by atoms with Crippen molar-refractivity contribution in [3.63, 3.8) is 0 Å². The van der Waals surface area contributed by atoms with Crippen molar-refractivity contribution in [3.8, 4) is 0 Å². The van der Waals surface area contributed by atoms with Gasteiger partial charge in [-0.1, -0.05) is 25.0 Å². The fourth-order valence-corrected chi connectivity index (χ4v) is 5.07. The smallest absolute Gasteiger partial charge is 0.269 e. The highest BCUT2D eigenvalue weighted by molar-refractivity contribution is 5.92. The molecule has 0 bridgehead atoms. The molecule has 1 amide bonds. The number of non-ortho nitro benzene ring substituents is 1. The molecule has 1 heterocycles. The Hall–Kier alpha value is -2.84. The maximum Gasteiger partial charge on any atom is 0.269 e. The van der Waals surface area contributed by atoms with Crippen molar-refractivity contribution in [2.75, 3.05) is 18.4 Å². The molecule has 0 unspecified atom stereocenters. The molecule has 164 valence electrons. The van der Waals surface area contributed by atoms with Gasteiger partial charge < -0.3 is 10.4 Å². The van der Waals surface area contributed by atoms with Crippen LogP contribution in [0.2, 0.25) is 0 Å². The molecule has 3 atom stereocenters. The highest BCUT2D eigenvalue weighted by atomic mass is 19.1. The van der Waals surface area contributed by atoms with E-state index in [-0.39, 0.29) is 35.9 Å². The number of nitro groups is 1. The largest absolute Gasteiger partial charge is 0.389 e. The van der Waals surface area contributed by atoms with Crippen molar-refractivity contribution in [2.24, 2.45) is 5.92 Å². The minimum absolute atomic E-state index is 0.0207. The average molecular weight is 427 g/mol. The Morgan fingerprint density at radius 1 is 1.16 bits per heavy atom. The average Bonchev–Trinajstić information content (AvgIpc) is 2.75. The van der Waals surface area contributed by atoms with Gasteiger partial charge in [-0.3, -0.25) is 19.8 Å². The third-order valence-electron chi connectivity index (χ3n) is 6.59. The van der Waals surface area contributed by atoms with Crippen LogP contribution in [0, 0.1) is 21.8 Å². The number of nitrogens with one attached hydrogen (secondary N) is 1. The minimum Gasteiger partial charge on any atom is -0.389 e. The van der Waals surface area contributed by atoms with E-state index in [2.05, 4.69) is 10.2 Å². The molecule has 2 aromatic rings. The maximum absolute atomic E-state index is 13.5.